The Balaban J connectivity index is 2.65. The molecule has 0 bridgehead atoms. The third kappa shape index (κ3) is 2.16. The summed E-state index contributed by atoms with van der Waals surface area (Å²) in [5.41, 5.74) is -0.393. The highest BCUT2D eigenvalue weighted by Gasteiger charge is 2.20. The second kappa shape index (κ2) is 4.71. The Morgan fingerprint density at radius 2 is 2.00 bits per heavy atom. The molecule has 0 aliphatic heterocycles. The first-order valence-corrected chi connectivity index (χ1v) is 5.28. The lowest BCUT2D eigenvalue weighted by Crippen LogP contribution is -2.07. The number of aryl methyl sites for hydroxylation is 1. The molecule has 0 aliphatic carbocycles. The first kappa shape index (κ1) is 13.1. The maximum Gasteiger partial charge on any atom is 0.375 e. The Kier molecular flexibility index (Phi) is 3.24. The van der Waals surface area contributed by atoms with Crippen molar-refractivity contribution in [2.75, 3.05) is 0 Å². The van der Waals surface area contributed by atoms with Gasteiger partial charge in [-0.2, -0.15) is 0 Å². The van der Waals surface area contributed by atoms with Crippen molar-refractivity contribution in [1.29, 1.82) is 0 Å². The predicted molar refractivity (Wildman–Crippen MR) is 57.6 cm³/mol. The number of aromatic carboxylic acids is 1. The molecule has 0 saturated heterocycles. The zero-order valence-corrected chi connectivity index (χ0v) is 9.69. The number of halogens is 3. The average Bonchev–Trinajstić information content (AvgIpc) is 2.80. The van der Waals surface area contributed by atoms with Crippen LogP contribution < -0.4 is 0 Å². The number of aromatic nitrogens is 3. The van der Waals surface area contributed by atoms with Crippen molar-refractivity contribution in [2.24, 2.45) is 0 Å². The molecule has 8 heteroatoms. The summed E-state index contributed by atoms with van der Waals surface area (Å²) < 4.78 is 40.5. The molecule has 0 spiro atoms. The van der Waals surface area contributed by atoms with Crippen molar-refractivity contribution in [3.05, 3.63) is 41.2 Å². The van der Waals surface area contributed by atoms with Crippen molar-refractivity contribution >= 4 is 5.97 Å². The van der Waals surface area contributed by atoms with Crippen molar-refractivity contribution in [3.8, 4) is 5.69 Å². The third-order valence-electron chi connectivity index (χ3n) is 2.42. The van der Waals surface area contributed by atoms with E-state index in [1.807, 2.05) is 0 Å². The molecular weight excluding hydrogens is 263 g/mol. The van der Waals surface area contributed by atoms with Gasteiger partial charge in [0.25, 0.3) is 5.82 Å². The summed E-state index contributed by atoms with van der Waals surface area (Å²) in [6.45, 7) is 1.64. The maximum atomic E-state index is 13.6. The van der Waals surface area contributed by atoms with E-state index in [-0.39, 0.29) is 12.2 Å². The van der Waals surface area contributed by atoms with Crippen molar-refractivity contribution in [3.63, 3.8) is 0 Å². The lowest BCUT2D eigenvalue weighted by atomic mass is 10.2. The van der Waals surface area contributed by atoms with Gasteiger partial charge in [-0.05, 0) is 12.1 Å². The molecule has 0 radical (unpaired) electrons. The van der Waals surface area contributed by atoms with Crippen LogP contribution in [0.5, 0.6) is 0 Å². The van der Waals surface area contributed by atoms with Crippen LogP contribution in [-0.2, 0) is 6.42 Å². The summed E-state index contributed by atoms with van der Waals surface area (Å²) in [6.07, 6.45) is 0.249. The highest BCUT2D eigenvalue weighted by molar-refractivity contribution is 5.83. The molecule has 19 heavy (non-hydrogen) atoms. The van der Waals surface area contributed by atoms with Crippen LogP contribution in [0, 0.1) is 17.5 Å². The van der Waals surface area contributed by atoms with Crippen LogP contribution in [-0.4, -0.2) is 25.8 Å². The molecule has 0 unspecified atom stereocenters. The van der Waals surface area contributed by atoms with Gasteiger partial charge in [0.1, 0.15) is 11.5 Å². The summed E-state index contributed by atoms with van der Waals surface area (Å²) >= 11 is 0. The summed E-state index contributed by atoms with van der Waals surface area (Å²) in [5.74, 6) is -6.24. The summed E-state index contributed by atoms with van der Waals surface area (Å²) in [5, 5.41) is 12.3. The molecule has 5 nitrogen and oxygen atoms in total. The Bertz CT molecular complexity index is 655. The van der Waals surface area contributed by atoms with Gasteiger partial charge in [-0.25, -0.2) is 27.6 Å². The number of hydrogen-bond acceptors (Lipinski definition) is 3. The number of carboxylic acids is 1. The topological polar surface area (TPSA) is 68.0 Å². The van der Waals surface area contributed by atoms with Crippen LogP contribution in [0.3, 0.4) is 0 Å². The first-order valence-electron chi connectivity index (χ1n) is 5.28. The highest BCUT2D eigenvalue weighted by atomic mass is 19.2. The molecule has 1 aromatic heterocycles. The SMILES string of the molecule is CCc1nc(C(=O)O)nn1-c1ccc(F)c(F)c1F. The van der Waals surface area contributed by atoms with Gasteiger partial charge in [0, 0.05) is 6.42 Å². The van der Waals surface area contributed by atoms with Crippen molar-refractivity contribution in [2.45, 2.75) is 13.3 Å². The average molecular weight is 271 g/mol. The Labute approximate surface area is 105 Å². The lowest BCUT2D eigenvalue weighted by molar-refractivity contribution is 0.0683. The molecule has 1 N–H and O–H groups in total. The summed E-state index contributed by atoms with van der Waals surface area (Å²) in [7, 11) is 0. The van der Waals surface area contributed by atoms with E-state index in [0.29, 0.717) is 0 Å². The molecule has 0 saturated carbocycles. The monoisotopic (exact) mass is 271 g/mol. The van der Waals surface area contributed by atoms with Gasteiger partial charge in [0.15, 0.2) is 17.5 Å². The molecule has 2 rings (SSSR count). The molecule has 0 atom stereocenters. The highest BCUT2D eigenvalue weighted by Crippen LogP contribution is 2.19. The zero-order valence-electron chi connectivity index (χ0n) is 9.69. The Morgan fingerprint density at radius 3 is 2.58 bits per heavy atom. The fourth-order valence-electron chi connectivity index (χ4n) is 1.54. The van der Waals surface area contributed by atoms with Gasteiger partial charge in [0.05, 0.1) is 0 Å². The normalized spacial score (nSPS) is 10.7. The van der Waals surface area contributed by atoms with Crippen LogP contribution >= 0.6 is 0 Å². The zero-order chi connectivity index (χ0) is 14.2. The molecule has 1 heterocycles. The maximum absolute atomic E-state index is 13.6. The number of carboxylic acid groups (broad SMARTS) is 1. The van der Waals surface area contributed by atoms with E-state index in [4.69, 9.17) is 5.11 Å². The summed E-state index contributed by atoms with van der Waals surface area (Å²) in [6, 6.07) is 1.70. The molecule has 0 amide bonds. The minimum absolute atomic E-state index is 0.127. The number of nitrogens with zero attached hydrogens (tertiary/aromatic N) is 3. The van der Waals surface area contributed by atoms with Crippen LogP contribution in [0.25, 0.3) is 5.69 Å². The Morgan fingerprint density at radius 1 is 1.32 bits per heavy atom. The van der Waals surface area contributed by atoms with Gasteiger partial charge in [-0.1, -0.05) is 6.92 Å². The van der Waals surface area contributed by atoms with Gasteiger partial charge >= 0.3 is 5.97 Å². The van der Waals surface area contributed by atoms with Crippen LogP contribution in [0.2, 0.25) is 0 Å². The fourth-order valence-corrected chi connectivity index (χ4v) is 1.54. The van der Waals surface area contributed by atoms with E-state index >= 15 is 0 Å². The van der Waals surface area contributed by atoms with Gasteiger partial charge < -0.3 is 5.11 Å². The largest absolute Gasteiger partial charge is 0.475 e. The van der Waals surface area contributed by atoms with Crippen LogP contribution in [0.15, 0.2) is 12.1 Å². The minimum atomic E-state index is -1.65. The number of carbonyl (C=O) groups is 1. The van der Waals surface area contributed by atoms with Crippen molar-refractivity contribution in [1.82, 2.24) is 14.8 Å². The Hall–Kier alpha value is -2.38. The lowest BCUT2D eigenvalue weighted by Gasteiger charge is -2.06. The summed E-state index contributed by atoms with van der Waals surface area (Å²) in [4.78, 5) is 14.4. The van der Waals surface area contributed by atoms with Gasteiger partial charge in [-0.3, -0.25) is 0 Å². The smallest absolute Gasteiger partial charge is 0.375 e. The van der Waals surface area contributed by atoms with Crippen LogP contribution in [0.1, 0.15) is 23.4 Å². The van der Waals surface area contributed by atoms with Crippen LogP contribution in [0.4, 0.5) is 13.2 Å². The van der Waals surface area contributed by atoms with Crippen molar-refractivity contribution < 1.29 is 23.1 Å². The van der Waals surface area contributed by atoms with E-state index in [1.165, 1.54) is 0 Å². The second-order valence-electron chi connectivity index (χ2n) is 3.62. The molecule has 100 valence electrons. The van der Waals surface area contributed by atoms with Gasteiger partial charge in [0.2, 0.25) is 0 Å². The van der Waals surface area contributed by atoms with E-state index in [2.05, 4.69) is 10.1 Å². The van der Waals surface area contributed by atoms with E-state index in [9.17, 15) is 18.0 Å². The first-order chi connectivity index (χ1) is 8.95. The van der Waals surface area contributed by atoms with Gasteiger partial charge in [-0.15, -0.1) is 5.10 Å². The molecule has 1 aromatic carbocycles. The molecular formula is C11H8F3N3O2. The third-order valence-corrected chi connectivity index (χ3v) is 2.42. The standard InChI is InChI=1S/C11H8F3N3O2/c1-2-7-15-10(11(18)19)16-17(7)6-4-3-5(12)8(13)9(6)14/h3-4H,2H2,1H3,(H,18,19). The van der Waals surface area contributed by atoms with E-state index < -0.39 is 34.9 Å². The number of rotatable bonds is 3. The molecule has 0 fully saturated rings. The molecule has 2 aromatic rings. The minimum Gasteiger partial charge on any atom is -0.475 e. The quantitative estimate of drug-likeness (QED) is 0.866. The molecule has 0 aliphatic rings. The second-order valence-corrected chi connectivity index (χ2v) is 3.62. The van der Waals surface area contributed by atoms with E-state index in [1.54, 1.807) is 6.92 Å². The number of benzene rings is 1. The predicted octanol–water partition coefficient (Wildman–Crippen LogP) is 1.95. The van der Waals surface area contributed by atoms with E-state index in [0.717, 1.165) is 16.8 Å². The number of hydrogen-bond donors (Lipinski definition) is 1. The fraction of sp³-hybridized carbons (Fsp3) is 0.182.